The molecular formula is C23H15BrClNO3. The number of esters is 1. The maximum atomic E-state index is 12.1. The smallest absolute Gasteiger partial charge is 0.363 e. The van der Waals surface area contributed by atoms with Crippen LogP contribution in [0.4, 0.5) is 0 Å². The summed E-state index contributed by atoms with van der Waals surface area (Å²) in [6.45, 7) is 0.478. The molecule has 0 bridgehead atoms. The Bertz CT molecular complexity index is 1110. The molecule has 0 saturated heterocycles. The topological polar surface area (TPSA) is 47.9 Å². The summed E-state index contributed by atoms with van der Waals surface area (Å²) in [5.41, 5.74) is 2.71. The van der Waals surface area contributed by atoms with Crippen molar-refractivity contribution < 1.29 is 14.3 Å². The number of benzene rings is 3. The molecule has 1 aliphatic rings. The highest BCUT2D eigenvalue weighted by atomic mass is 79.9. The van der Waals surface area contributed by atoms with Crippen LogP contribution < -0.4 is 4.74 Å². The lowest BCUT2D eigenvalue weighted by molar-refractivity contribution is -0.129. The Morgan fingerprint density at radius 3 is 2.45 bits per heavy atom. The first-order chi connectivity index (χ1) is 14.1. The first-order valence-corrected chi connectivity index (χ1v) is 10.0. The van der Waals surface area contributed by atoms with Crippen LogP contribution in [0.3, 0.4) is 0 Å². The lowest BCUT2D eigenvalue weighted by Gasteiger charge is -2.06. The van der Waals surface area contributed by atoms with Crippen molar-refractivity contribution in [1.82, 2.24) is 0 Å². The molecule has 0 aliphatic carbocycles. The van der Waals surface area contributed by atoms with Crippen molar-refractivity contribution in [1.29, 1.82) is 0 Å². The third kappa shape index (κ3) is 4.75. The zero-order valence-electron chi connectivity index (χ0n) is 15.1. The van der Waals surface area contributed by atoms with Crippen molar-refractivity contribution in [2.24, 2.45) is 4.99 Å². The predicted molar refractivity (Wildman–Crippen MR) is 117 cm³/mol. The molecule has 29 heavy (non-hydrogen) atoms. The molecule has 0 unspecified atom stereocenters. The average Bonchev–Trinajstić information content (AvgIpc) is 3.09. The largest absolute Gasteiger partial charge is 0.489 e. The second kappa shape index (κ2) is 8.64. The van der Waals surface area contributed by atoms with Gasteiger partial charge < -0.3 is 9.47 Å². The molecule has 3 aromatic carbocycles. The fourth-order valence-electron chi connectivity index (χ4n) is 2.72. The average molecular weight is 469 g/mol. The zero-order chi connectivity index (χ0) is 20.2. The summed E-state index contributed by atoms with van der Waals surface area (Å²) in [6, 6.07) is 22.5. The van der Waals surface area contributed by atoms with Gasteiger partial charge in [-0.25, -0.2) is 9.79 Å². The molecule has 4 nitrogen and oxygen atoms in total. The highest BCUT2D eigenvalue weighted by Crippen LogP contribution is 2.24. The minimum Gasteiger partial charge on any atom is -0.489 e. The monoisotopic (exact) mass is 467 g/mol. The summed E-state index contributed by atoms with van der Waals surface area (Å²) in [4.78, 5) is 16.4. The molecule has 6 heteroatoms. The molecule has 0 fully saturated rings. The number of aliphatic imine (C=N–C) groups is 1. The highest BCUT2D eigenvalue weighted by molar-refractivity contribution is 9.10. The number of carbonyl (C=O) groups is 1. The van der Waals surface area contributed by atoms with Gasteiger partial charge >= 0.3 is 5.97 Å². The third-order valence-corrected chi connectivity index (χ3v) is 5.09. The number of cyclic esters (lactones) is 1. The first-order valence-electron chi connectivity index (χ1n) is 8.83. The van der Waals surface area contributed by atoms with Gasteiger partial charge in [-0.05, 0) is 53.6 Å². The molecule has 0 amide bonds. The Labute approximate surface area is 181 Å². The molecule has 0 aromatic heterocycles. The zero-order valence-corrected chi connectivity index (χ0v) is 17.5. The van der Waals surface area contributed by atoms with E-state index in [0.29, 0.717) is 17.2 Å². The Morgan fingerprint density at radius 2 is 1.72 bits per heavy atom. The molecule has 3 aromatic rings. The van der Waals surface area contributed by atoms with E-state index < -0.39 is 5.97 Å². The maximum absolute atomic E-state index is 12.1. The second-order valence-electron chi connectivity index (χ2n) is 6.30. The Kier molecular flexibility index (Phi) is 5.79. The number of ether oxygens (including phenoxy) is 2. The minimum atomic E-state index is -0.504. The summed E-state index contributed by atoms with van der Waals surface area (Å²) < 4.78 is 12.1. The molecule has 144 valence electrons. The van der Waals surface area contributed by atoms with Crippen molar-refractivity contribution in [3.63, 3.8) is 0 Å². The van der Waals surface area contributed by atoms with E-state index in [2.05, 4.69) is 20.9 Å². The van der Waals surface area contributed by atoms with Crippen LogP contribution in [0.5, 0.6) is 5.75 Å². The summed E-state index contributed by atoms with van der Waals surface area (Å²) >= 11 is 9.57. The molecule has 1 aliphatic heterocycles. The first kappa shape index (κ1) is 19.4. The number of carbonyl (C=O) groups excluding carboxylic acids is 1. The van der Waals surface area contributed by atoms with Crippen LogP contribution in [-0.4, -0.2) is 11.9 Å². The lowest BCUT2D eigenvalue weighted by Crippen LogP contribution is -2.05. The maximum Gasteiger partial charge on any atom is 0.363 e. The molecule has 0 N–H and O–H groups in total. The van der Waals surface area contributed by atoms with Gasteiger partial charge in [-0.15, -0.1) is 0 Å². The van der Waals surface area contributed by atoms with Gasteiger partial charge in [-0.1, -0.05) is 63.9 Å². The molecule has 0 spiro atoms. The number of halogens is 2. The van der Waals surface area contributed by atoms with Gasteiger partial charge in [0.2, 0.25) is 5.90 Å². The molecule has 0 atom stereocenters. The van der Waals surface area contributed by atoms with E-state index in [9.17, 15) is 4.79 Å². The Morgan fingerprint density at radius 1 is 1.00 bits per heavy atom. The molecule has 0 radical (unpaired) electrons. The molecule has 0 saturated carbocycles. The van der Waals surface area contributed by atoms with Crippen molar-refractivity contribution in [2.45, 2.75) is 6.61 Å². The van der Waals surface area contributed by atoms with Gasteiger partial charge in [0.15, 0.2) is 5.70 Å². The summed E-state index contributed by atoms with van der Waals surface area (Å²) in [6.07, 6.45) is 1.67. The predicted octanol–water partition coefficient (Wildman–Crippen LogP) is 6.03. The summed E-state index contributed by atoms with van der Waals surface area (Å²) in [7, 11) is 0. The van der Waals surface area contributed by atoms with Crippen LogP contribution in [-0.2, 0) is 16.1 Å². The van der Waals surface area contributed by atoms with Crippen LogP contribution in [0.1, 0.15) is 16.7 Å². The van der Waals surface area contributed by atoms with Crippen LogP contribution in [0.15, 0.2) is 88.0 Å². The molecule has 1 heterocycles. The van der Waals surface area contributed by atoms with E-state index in [1.54, 1.807) is 24.3 Å². The Hall–Kier alpha value is -2.89. The third-order valence-electron chi connectivity index (χ3n) is 4.23. The number of hydrogen-bond donors (Lipinski definition) is 0. The van der Waals surface area contributed by atoms with Crippen molar-refractivity contribution in [3.05, 3.63) is 105 Å². The summed E-state index contributed by atoms with van der Waals surface area (Å²) in [5, 5.41) is 0.479. The van der Waals surface area contributed by atoms with Gasteiger partial charge in [0.1, 0.15) is 12.4 Å². The Balaban J connectivity index is 1.46. The van der Waals surface area contributed by atoms with Gasteiger partial charge in [-0.2, -0.15) is 0 Å². The molecule has 4 rings (SSSR count). The van der Waals surface area contributed by atoms with E-state index in [1.807, 2.05) is 54.6 Å². The highest BCUT2D eigenvalue weighted by Gasteiger charge is 2.25. The van der Waals surface area contributed by atoms with Gasteiger partial charge in [-0.3, -0.25) is 0 Å². The SMILES string of the molecule is O=C1OC(c2ccccc2Cl)=N/C1=C\c1ccc(OCc2ccc(Br)cc2)cc1. The number of hydrogen-bond acceptors (Lipinski definition) is 4. The van der Waals surface area contributed by atoms with Gasteiger partial charge in [0, 0.05) is 4.47 Å². The normalized spacial score (nSPS) is 14.6. The van der Waals surface area contributed by atoms with Gasteiger partial charge in [0.25, 0.3) is 0 Å². The number of rotatable bonds is 5. The number of nitrogens with zero attached hydrogens (tertiary/aromatic N) is 1. The van der Waals surface area contributed by atoms with Crippen LogP contribution >= 0.6 is 27.5 Å². The van der Waals surface area contributed by atoms with Gasteiger partial charge in [0.05, 0.1) is 10.6 Å². The van der Waals surface area contributed by atoms with Crippen LogP contribution in [0.2, 0.25) is 5.02 Å². The van der Waals surface area contributed by atoms with E-state index in [-0.39, 0.29) is 11.6 Å². The quantitative estimate of drug-likeness (QED) is 0.339. The van der Waals surface area contributed by atoms with E-state index in [0.717, 1.165) is 21.3 Å². The molecular weight excluding hydrogens is 454 g/mol. The van der Waals surface area contributed by atoms with E-state index in [4.69, 9.17) is 21.1 Å². The fourth-order valence-corrected chi connectivity index (χ4v) is 3.21. The lowest BCUT2D eigenvalue weighted by atomic mass is 10.2. The van der Waals surface area contributed by atoms with E-state index in [1.165, 1.54) is 0 Å². The minimum absolute atomic E-state index is 0.210. The van der Waals surface area contributed by atoms with Crippen molar-refractivity contribution in [3.8, 4) is 5.75 Å². The van der Waals surface area contributed by atoms with Crippen LogP contribution in [0.25, 0.3) is 6.08 Å². The standard InChI is InChI=1S/C23H15BrClNO3/c24-17-9-5-16(6-10-17)14-28-18-11-7-15(8-12-18)13-21-23(27)29-22(26-21)19-3-1-2-4-20(19)25/h1-13H,14H2/b21-13-. The van der Waals surface area contributed by atoms with Crippen LogP contribution in [0, 0.1) is 0 Å². The second-order valence-corrected chi connectivity index (χ2v) is 7.62. The van der Waals surface area contributed by atoms with Crippen molar-refractivity contribution in [2.75, 3.05) is 0 Å². The van der Waals surface area contributed by atoms with Crippen molar-refractivity contribution >= 4 is 45.5 Å². The van der Waals surface area contributed by atoms with E-state index >= 15 is 0 Å². The summed E-state index contributed by atoms with van der Waals surface area (Å²) in [5.74, 6) is 0.445. The fraction of sp³-hybridized carbons (Fsp3) is 0.0435.